The first-order chi connectivity index (χ1) is 9.61. The van der Waals surface area contributed by atoms with Crippen LogP contribution in [0.5, 0.6) is 0 Å². The van der Waals surface area contributed by atoms with E-state index in [0.717, 1.165) is 12.1 Å². The Kier molecular flexibility index (Phi) is 4.21. The standard InChI is InChI=1S/C13H16F3NO3S/c1-17(8-9-6-11(18)7-9)10-2-4-12(5-3-10)21(19,20)13(14,15)16/h2-5,9,11,18H,6-8H2,1H3. The Hall–Kier alpha value is -1.28. The highest BCUT2D eigenvalue weighted by atomic mass is 32.2. The molecule has 0 radical (unpaired) electrons. The predicted molar refractivity (Wildman–Crippen MR) is 71.7 cm³/mol. The predicted octanol–water partition coefficient (Wildman–Crippen LogP) is 2.19. The zero-order valence-electron chi connectivity index (χ0n) is 11.3. The molecule has 21 heavy (non-hydrogen) atoms. The van der Waals surface area contributed by atoms with Crippen molar-refractivity contribution in [3.63, 3.8) is 0 Å². The molecule has 1 aromatic carbocycles. The van der Waals surface area contributed by atoms with Crippen LogP contribution in [0.15, 0.2) is 29.2 Å². The number of hydrogen-bond acceptors (Lipinski definition) is 4. The number of halogens is 3. The van der Waals surface area contributed by atoms with Crippen molar-refractivity contribution in [2.75, 3.05) is 18.5 Å². The van der Waals surface area contributed by atoms with Gasteiger partial charge in [0.25, 0.3) is 9.84 Å². The molecule has 4 nitrogen and oxygen atoms in total. The number of hydrogen-bond donors (Lipinski definition) is 1. The lowest BCUT2D eigenvalue weighted by Gasteiger charge is -2.35. The van der Waals surface area contributed by atoms with Crippen LogP contribution in [0, 0.1) is 5.92 Å². The lowest BCUT2D eigenvalue weighted by Crippen LogP contribution is -2.37. The second-order valence-electron chi connectivity index (χ2n) is 5.31. The monoisotopic (exact) mass is 323 g/mol. The van der Waals surface area contributed by atoms with E-state index in [2.05, 4.69) is 0 Å². The molecule has 1 aliphatic carbocycles. The molecule has 0 aromatic heterocycles. The lowest BCUT2D eigenvalue weighted by atomic mass is 9.82. The van der Waals surface area contributed by atoms with Crippen molar-refractivity contribution in [2.45, 2.75) is 29.3 Å². The molecule has 0 amide bonds. The van der Waals surface area contributed by atoms with Crippen molar-refractivity contribution in [3.05, 3.63) is 24.3 Å². The summed E-state index contributed by atoms with van der Waals surface area (Å²) in [6.45, 7) is 0.669. The van der Waals surface area contributed by atoms with Gasteiger partial charge in [-0.1, -0.05) is 0 Å². The van der Waals surface area contributed by atoms with Crippen molar-refractivity contribution >= 4 is 15.5 Å². The highest BCUT2D eigenvalue weighted by Gasteiger charge is 2.46. The summed E-state index contributed by atoms with van der Waals surface area (Å²) in [5.74, 6) is 0.351. The summed E-state index contributed by atoms with van der Waals surface area (Å²) in [5, 5.41) is 9.21. The van der Waals surface area contributed by atoms with Gasteiger partial charge in [-0.05, 0) is 43.0 Å². The number of nitrogens with zero attached hydrogens (tertiary/aromatic N) is 1. The molecule has 118 valence electrons. The number of anilines is 1. The highest BCUT2D eigenvalue weighted by molar-refractivity contribution is 7.92. The van der Waals surface area contributed by atoms with Crippen molar-refractivity contribution in [3.8, 4) is 0 Å². The minimum Gasteiger partial charge on any atom is -0.393 e. The Balaban J connectivity index is 2.08. The molecular weight excluding hydrogens is 307 g/mol. The lowest BCUT2D eigenvalue weighted by molar-refractivity contribution is -0.0436. The molecule has 0 aliphatic heterocycles. The van der Waals surface area contributed by atoms with E-state index in [4.69, 9.17) is 0 Å². The van der Waals surface area contributed by atoms with Gasteiger partial charge in [0, 0.05) is 19.3 Å². The van der Waals surface area contributed by atoms with Crippen LogP contribution in [-0.2, 0) is 9.84 Å². The Morgan fingerprint density at radius 3 is 2.19 bits per heavy atom. The Morgan fingerprint density at radius 1 is 1.24 bits per heavy atom. The fraction of sp³-hybridized carbons (Fsp3) is 0.538. The van der Waals surface area contributed by atoms with E-state index in [1.54, 1.807) is 7.05 Å². The zero-order chi connectivity index (χ0) is 15.8. The first-order valence-corrected chi connectivity index (χ1v) is 7.90. The molecular formula is C13H16F3NO3S. The van der Waals surface area contributed by atoms with Crippen LogP contribution in [0.3, 0.4) is 0 Å². The normalized spacial score (nSPS) is 22.7. The maximum absolute atomic E-state index is 12.4. The van der Waals surface area contributed by atoms with Crippen molar-refractivity contribution in [2.24, 2.45) is 5.92 Å². The SMILES string of the molecule is CN(CC1CC(O)C1)c1ccc(S(=O)(=O)C(F)(F)F)cc1. The van der Waals surface area contributed by atoms with Crippen LogP contribution in [0.1, 0.15) is 12.8 Å². The van der Waals surface area contributed by atoms with Gasteiger partial charge in [-0.25, -0.2) is 8.42 Å². The molecule has 0 saturated heterocycles. The van der Waals surface area contributed by atoms with Crippen molar-refractivity contribution in [1.82, 2.24) is 0 Å². The van der Waals surface area contributed by atoms with Gasteiger partial charge in [0.2, 0.25) is 0 Å². The maximum Gasteiger partial charge on any atom is 0.501 e. The van der Waals surface area contributed by atoms with Gasteiger partial charge in [0.05, 0.1) is 11.0 Å². The van der Waals surface area contributed by atoms with Crippen molar-refractivity contribution in [1.29, 1.82) is 0 Å². The molecule has 1 aromatic rings. The largest absolute Gasteiger partial charge is 0.501 e. The van der Waals surface area contributed by atoms with Crippen LogP contribution in [0.2, 0.25) is 0 Å². The number of rotatable bonds is 4. The van der Waals surface area contributed by atoms with E-state index in [0.29, 0.717) is 31.0 Å². The summed E-state index contributed by atoms with van der Waals surface area (Å²) in [6, 6.07) is 4.63. The summed E-state index contributed by atoms with van der Waals surface area (Å²) in [5.41, 5.74) is -4.65. The maximum atomic E-state index is 12.4. The molecule has 1 N–H and O–H groups in total. The summed E-state index contributed by atoms with van der Waals surface area (Å²) in [4.78, 5) is 1.08. The average Bonchev–Trinajstić information content (AvgIpc) is 2.35. The molecule has 0 heterocycles. The summed E-state index contributed by atoms with van der Waals surface area (Å²) < 4.78 is 59.7. The van der Waals surface area contributed by atoms with Gasteiger partial charge < -0.3 is 10.0 Å². The number of aliphatic hydroxyl groups is 1. The van der Waals surface area contributed by atoms with E-state index < -0.39 is 20.2 Å². The van der Waals surface area contributed by atoms with Gasteiger partial charge in [-0.15, -0.1) is 0 Å². The average molecular weight is 323 g/mol. The first kappa shape index (κ1) is 16.1. The fourth-order valence-corrected chi connectivity index (χ4v) is 3.12. The van der Waals surface area contributed by atoms with Crippen LogP contribution < -0.4 is 4.90 Å². The van der Waals surface area contributed by atoms with Gasteiger partial charge in [0.1, 0.15) is 0 Å². The summed E-state index contributed by atoms with van der Waals surface area (Å²) in [7, 11) is -3.52. The third kappa shape index (κ3) is 3.32. The highest BCUT2D eigenvalue weighted by Crippen LogP contribution is 2.32. The van der Waals surface area contributed by atoms with Crippen LogP contribution in [-0.4, -0.2) is 38.7 Å². The second-order valence-corrected chi connectivity index (χ2v) is 7.26. The van der Waals surface area contributed by atoms with Crippen LogP contribution in [0.25, 0.3) is 0 Å². The summed E-state index contributed by atoms with van der Waals surface area (Å²) in [6.07, 6.45) is 1.16. The molecule has 0 bridgehead atoms. The number of sulfone groups is 1. The Morgan fingerprint density at radius 2 is 1.76 bits per heavy atom. The van der Waals surface area contributed by atoms with E-state index >= 15 is 0 Å². The summed E-state index contributed by atoms with van der Waals surface area (Å²) >= 11 is 0. The molecule has 1 fully saturated rings. The van der Waals surface area contributed by atoms with E-state index in [1.807, 2.05) is 4.90 Å². The van der Waals surface area contributed by atoms with Crippen molar-refractivity contribution < 1.29 is 26.7 Å². The number of benzene rings is 1. The molecule has 0 spiro atoms. The Labute approximate surface area is 121 Å². The molecule has 8 heteroatoms. The van der Waals surface area contributed by atoms with Gasteiger partial charge in [-0.3, -0.25) is 0 Å². The molecule has 2 rings (SSSR count). The Bertz CT molecular complexity index is 592. The minimum absolute atomic E-state index is 0.261. The van der Waals surface area contributed by atoms with Gasteiger partial charge in [-0.2, -0.15) is 13.2 Å². The first-order valence-electron chi connectivity index (χ1n) is 6.42. The van der Waals surface area contributed by atoms with Gasteiger partial charge >= 0.3 is 5.51 Å². The third-order valence-corrected chi connectivity index (χ3v) is 5.14. The van der Waals surface area contributed by atoms with Gasteiger partial charge in [0.15, 0.2) is 0 Å². The molecule has 0 atom stereocenters. The molecule has 1 aliphatic rings. The molecule has 1 saturated carbocycles. The quantitative estimate of drug-likeness (QED) is 0.923. The smallest absolute Gasteiger partial charge is 0.393 e. The molecule has 0 unspecified atom stereocenters. The van der Waals surface area contributed by atoms with Crippen LogP contribution in [0.4, 0.5) is 18.9 Å². The van der Waals surface area contributed by atoms with E-state index in [-0.39, 0.29) is 6.10 Å². The van der Waals surface area contributed by atoms with E-state index in [9.17, 15) is 26.7 Å². The topological polar surface area (TPSA) is 57.6 Å². The van der Waals surface area contributed by atoms with E-state index in [1.165, 1.54) is 12.1 Å². The zero-order valence-corrected chi connectivity index (χ0v) is 12.2. The minimum atomic E-state index is -5.29. The second kappa shape index (κ2) is 5.49. The van der Waals surface area contributed by atoms with Crippen LogP contribution >= 0.6 is 0 Å². The number of aliphatic hydroxyl groups excluding tert-OH is 1. The third-order valence-electron chi connectivity index (χ3n) is 3.64. The number of alkyl halides is 3. The fourth-order valence-electron chi connectivity index (χ4n) is 2.36.